The molecule has 5 nitrogen and oxygen atoms in total. The number of methoxy groups -OCH3 is 1. The van der Waals surface area contributed by atoms with E-state index in [1.807, 2.05) is 35.0 Å². The lowest BCUT2D eigenvalue weighted by Crippen LogP contribution is -2.48. The van der Waals surface area contributed by atoms with Crippen molar-refractivity contribution in [3.8, 4) is 5.75 Å². The highest BCUT2D eigenvalue weighted by molar-refractivity contribution is 5.91. The van der Waals surface area contributed by atoms with Crippen LogP contribution in [0.1, 0.15) is 44.2 Å². The summed E-state index contributed by atoms with van der Waals surface area (Å²) in [6.45, 7) is 5.43. The summed E-state index contributed by atoms with van der Waals surface area (Å²) >= 11 is 0. The maximum atomic E-state index is 13.1. The maximum absolute atomic E-state index is 13.1. The normalized spacial score (nSPS) is 15.4. The first kappa shape index (κ1) is 26.5. The Labute approximate surface area is 208 Å². The molecule has 0 aliphatic carbocycles. The third-order valence-corrected chi connectivity index (χ3v) is 6.74. The predicted octanol–water partition coefficient (Wildman–Crippen LogP) is 5.20. The highest BCUT2D eigenvalue weighted by atomic mass is 19.1. The van der Waals surface area contributed by atoms with Crippen LogP contribution in [0, 0.1) is 17.7 Å². The van der Waals surface area contributed by atoms with Crippen molar-refractivity contribution in [2.75, 3.05) is 27.2 Å². The van der Waals surface area contributed by atoms with Crippen LogP contribution in [0.4, 0.5) is 4.39 Å². The van der Waals surface area contributed by atoms with E-state index in [1.54, 1.807) is 31.4 Å². The van der Waals surface area contributed by atoms with Crippen LogP contribution in [0.5, 0.6) is 5.75 Å². The Morgan fingerprint density at radius 3 is 2.46 bits per heavy atom. The van der Waals surface area contributed by atoms with E-state index < -0.39 is 0 Å². The van der Waals surface area contributed by atoms with Crippen molar-refractivity contribution in [1.29, 1.82) is 0 Å². The monoisotopic (exact) mass is 480 g/mol. The Balaban J connectivity index is 1.67. The van der Waals surface area contributed by atoms with Crippen molar-refractivity contribution in [3.05, 3.63) is 71.6 Å². The minimum atomic E-state index is -0.295. The van der Waals surface area contributed by atoms with Crippen LogP contribution in [0.15, 0.2) is 54.6 Å². The van der Waals surface area contributed by atoms with Crippen LogP contribution >= 0.6 is 0 Å². The summed E-state index contributed by atoms with van der Waals surface area (Å²) in [5.74, 6) is 1.24. The van der Waals surface area contributed by atoms with E-state index in [2.05, 4.69) is 19.9 Å². The minimum Gasteiger partial charge on any atom is -0.497 e. The SMILES string of the molecule is COc1cccc(C[C@H](C2CCN(C(=O)/C=C/c3ccc(F)cc3)CC2)N(C)C(=O)CC(C)C)c1. The highest BCUT2D eigenvalue weighted by Crippen LogP contribution is 2.28. The molecule has 6 heteroatoms. The quantitative estimate of drug-likeness (QED) is 0.464. The third kappa shape index (κ3) is 7.67. The molecule has 1 saturated heterocycles. The molecule has 2 amide bonds. The second-order valence-electron chi connectivity index (χ2n) is 9.77. The number of benzene rings is 2. The van der Waals surface area contributed by atoms with Crippen molar-refractivity contribution in [1.82, 2.24) is 9.80 Å². The molecule has 1 aliphatic rings. The molecule has 1 heterocycles. The number of carbonyl (C=O) groups excluding carboxylic acids is 2. The van der Waals surface area contributed by atoms with Gasteiger partial charge in [-0.05, 0) is 72.6 Å². The zero-order valence-corrected chi connectivity index (χ0v) is 21.2. The van der Waals surface area contributed by atoms with Crippen LogP contribution < -0.4 is 4.74 Å². The summed E-state index contributed by atoms with van der Waals surface area (Å²) in [4.78, 5) is 29.5. The van der Waals surface area contributed by atoms with Crippen LogP contribution in [0.2, 0.25) is 0 Å². The lowest BCUT2D eigenvalue weighted by atomic mass is 9.84. The molecular formula is C29H37FN2O3. The molecule has 0 bridgehead atoms. The second-order valence-corrected chi connectivity index (χ2v) is 9.77. The first-order chi connectivity index (χ1) is 16.8. The number of likely N-dealkylation sites (N-methyl/N-ethyl adjacent to an activating group) is 1. The average Bonchev–Trinajstić information content (AvgIpc) is 2.86. The number of rotatable bonds is 9. The molecule has 3 rings (SSSR count). The van der Waals surface area contributed by atoms with Gasteiger partial charge in [-0.2, -0.15) is 0 Å². The Hall–Kier alpha value is -3.15. The lowest BCUT2D eigenvalue weighted by Gasteiger charge is -2.40. The van der Waals surface area contributed by atoms with Gasteiger partial charge in [0.25, 0.3) is 0 Å². The molecule has 0 N–H and O–H groups in total. The fraction of sp³-hybridized carbons (Fsp3) is 0.448. The Kier molecular flexibility index (Phi) is 9.47. The summed E-state index contributed by atoms with van der Waals surface area (Å²) in [5, 5.41) is 0. The number of carbonyl (C=O) groups is 2. The van der Waals surface area contributed by atoms with Crippen molar-refractivity contribution >= 4 is 17.9 Å². The number of amides is 2. The number of piperidine rings is 1. The van der Waals surface area contributed by atoms with Crippen LogP contribution in [-0.4, -0.2) is 54.9 Å². The van der Waals surface area contributed by atoms with E-state index in [0.29, 0.717) is 31.3 Å². The van der Waals surface area contributed by atoms with Gasteiger partial charge in [0.2, 0.25) is 11.8 Å². The van der Waals surface area contributed by atoms with E-state index in [4.69, 9.17) is 4.74 Å². The number of hydrogen-bond donors (Lipinski definition) is 0. The summed E-state index contributed by atoms with van der Waals surface area (Å²) in [5.41, 5.74) is 1.93. The van der Waals surface area contributed by atoms with Gasteiger partial charge < -0.3 is 14.5 Å². The molecular weight excluding hydrogens is 443 g/mol. The molecule has 0 spiro atoms. The van der Waals surface area contributed by atoms with E-state index in [-0.39, 0.29) is 23.7 Å². The van der Waals surface area contributed by atoms with Gasteiger partial charge >= 0.3 is 0 Å². The van der Waals surface area contributed by atoms with Gasteiger partial charge in [0.05, 0.1) is 7.11 Å². The van der Waals surface area contributed by atoms with Crippen molar-refractivity contribution in [2.24, 2.45) is 11.8 Å². The molecule has 0 saturated carbocycles. The number of nitrogens with zero attached hydrogens (tertiary/aromatic N) is 2. The fourth-order valence-electron chi connectivity index (χ4n) is 4.69. The zero-order valence-electron chi connectivity index (χ0n) is 21.2. The lowest BCUT2D eigenvalue weighted by molar-refractivity contribution is -0.135. The number of ether oxygens (including phenoxy) is 1. The molecule has 0 aromatic heterocycles. The summed E-state index contributed by atoms with van der Waals surface area (Å²) in [6.07, 6.45) is 6.22. The topological polar surface area (TPSA) is 49.9 Å². The molecule has 1 aliphatic heterocycles. The van der Waals surface area contributed by atoms with Crippen LogP contribution in [-0.2, 0) is 16.0 Å². The van der Waals surface area contributed by atoms with Gasteiger partial charge in [-0.25, -0.2) is 4.39 Å². The van der Waals surface area contributed by atoms with Crippen molar-refractivity contribution < 1.29 is 18.7 Å². The largest absolute Gasteiger partial charge is 0.497 e. The Morgan fingerprint density at radius 1 is 1.14 bits per heavy atom. The highest BCUT2D eigenvalue weighted by Gasteiger charge is 2.32. The standard InChI is InChI=1S/C29H37FN2O3/c1-21(2)18-29(34)31(3)27(20-23-6-5-7-26(19-23)35-4)24-14-16-32(17-15-24)28(33)13-10-22-8-11-25(30)12-9-22/h5-13,19,21,24,27H,14-18,20H2,1-4H3/b13-10+/t27-/m1/s1. The predicted molar refractivity (Wildman–Crippen MR) is 137 cm³/mol. The van der Waals surface area contributed by atoms with Gasteiger partial charge in [-0.1, -0.05) is 38.1 Å². The Morgan fingerprint density at radius 2 is 1.83 bits per heavy atom. The van der Waals surface area contributed by atoms with Gasteiger partial charge in [0, 0.05) is 38.7 Å². The fourth-order valence-corrected chi connectivity index (χ4v) is 4.69. The molecule has 1 atom stereocenters. The van der Waals surface area contributed by atoms with Crippen molar-refractivity contribution in [2.45, 2.75) is 45.6 Å². The van der Waals surface area contributed by atoms with E-state index in [0.717, 1.165) is 36.1 Å². The summed E-state index contributed by atoms with van der Waals surface area (Å²) in [7, 11) is 3.57. The summed E-state index contributed by atoms with van der Waals surface area (Å²) < 4.78 is 18.5. The van der Waals surface area contributed by atoms with Crippen LogP contribution in [0.25, 0.3) is 6.08 Å². The van der Waals surface area contributed by atoms with E-state index >= 15 is 0 Å². The third-order valence-electron chi connectivity index (χ3n) is 6.74. The molecule has 0 radical (unpaired) electrons. The molecule has 0 unspecified atom stereocenters. The summed E-state index contributed by atoms with van der Waals surface area (Å²) in [6, 6.07) is 14.1. The number of halogens is 1. The van der Waals surface area contributed by atoms with E-state index in [1.165, 1.54) is 12.1 Å². The molecule has 188 valence electrons. The van der Waals surface area contributed by atoms with Gasteiger partial charge in [-0.15, -0.1) is 0 Å². The van der Waals surface area contributed by atoms with E-state index in [9.17, 15) is 14.0 Å². The Bertz CT molecular complexity index is 1010. The minimum absolute atomic E-state index is 0.0404. The number of likely N-dealkylation sites (tertiary alicyclic amines) is 1. The molecule has 2 aromatic carbocycles. The smallest absolute Gasteiger partial charge is 0.246 e. The van der Waals surface area contributed by atoms with Gasteiger partial charge in [0.15, 0.2) is 0 Å². The molecule has 1 fully saturated rings. The van der Waals surface area contributed by atoms with Gasteiger partial charge in [0.1, 0.15) is 11.6 Å². The first-order valence-corrected chi connectivity index (χ1v) is 12.4. The second kappa shape index (κ2) is 12.5. The molecule has 2 aromatic rings. The van der Waals surface area contributed by atoms with Crippen molar-refractivity contribution in [3.63, 3.8) is 0 Å². The maximum Gasteiger partial charge on any atom is 0.246 e. The van der Waals surface area contributed by atoms with Gasteiger partial charge in [-0.3, -0.25) is 9.59 Å². The van der Waals surface area contributed by atoms with Crippen LogP contribution in [0.3, 0.4) is 0 Å². The first-order valence-electron chi connectivity index (χ1n) is 12.4. The average molecular weight is 481 g/mol. The molecule has 35 heavy (non-hydrogen) atoms. The zero-order chi connectivity index (χ0) is 25.4. The number of hydrogen-bond acceptors (Lipinski definition) is 3.